The van der Waals surface area contributed by atoms with Crippen LogP contribution in [0.4, 0.5) is 0 Å². The van der Waals surface area contributed by atoms with E-state index in [1.165, 1.54) is 18.0 Å². The summed E-state index contributed by atoms with van der Waals surface area (Å²) in [5, 5.41) is 0.675. The Morgan fingerprint density at radius 3 is 2.65 bits per heavy atom. The zero-order valence-corrected chi connectivity index (χ0v) is 15.2. The third-order valence-electron chi connectivity index (χ3n) is 3.20. The van der Waals surface area contributed by atoms with Crippen LogP contribution in [0.2, 0.25) is 0 Å². The maximum absolute atomic E-state index is 11.7. The number of ether oxygens (including phenoxy) is 1. The topological polar surface area (TPSA) is 78.3 Å². The second-order valence-corrected chi connectivity index (χ2v) is 8.33. The predicted octanol–water partition coefficient (Wildman–Crippen LogP) is 2.68. The predicted molar refractivity (Wildman–Crippen MR) is 90.6 cm³/mol. The third kappa shape index (κ3) is 4.06. The van der Waals surface area contributed by atoms with Crippen LogP contribution in [0.25, 0.3) is 11.0 Å². The number of aromatic nitrogens is 2. The molecule has 1 aromatic heterocycles. The molecule has 0 aliphatic carbocycles. The Labute approximate surface area is 140 Å². The first-order valence-corrected chi connectivity index (χ1v) is 10.1. The second-order valence-electron chi connectivity index (χ2n) is 5.37. The van der Waals surface area contributed by atoms with E-state index in [-0.39, 0.29) is 22.7 Å². The SMILES string of the molecule is CCOC(=O)CSc1nc2cc(S(C)(=O)=O)ccc2n1C(C)C. The van der Waals surface area contributed by atoms with E-state index in [1.807, 2.05) is 18.4 Å². The van der Waals surface area contributed by atoms with Crippen LogP contribution in [0, 0.1) is 0 Å². The van der Waals surface area contributed by atoms with Gasteiger partial charge in [-0.25, -0.2) is 13.4 Å². The van der Waals surface area contributed by atoms with Crippen molar-refractivity contribution in [2.45, 2.75) is 36.9 Å². The normalized spacial score (nSPS) is 12.0. The zero-order chi connectivity index (χ0) is 17.2. The summed E-state index contributed by atoms with van der Waals surface area (Å²) in [7, 11) is -3.28. The molecule has 0 aliphatic heterocycles. The number of hydrogen-bond acceptors (Lipinski definition) is 6. The molecule has 0 bridgehead atoms. The van der Waals surface area contributed by atoms with Crippen molar-refractivity contribution in [3.8, 4) is 0 Å². The number of fused-ring (bicyclic) bond motifs is 1. The van der Waals surface area contributed by atoms with Gasteiger partial charge in [0.25, 0.3) is 0 Å². The van der Waals surface area contributed by atoms with E-state index in [0.29, 0.717) is 17.3 Å². The highest BCUT2D eigenvalue weighted by atomic mass is 32.2. The molecule has 1 heterocycles. The van der Waals surface area contributed by atoms with E-state index >= 15 is 0 Å². The van der Waals surface area contributed by atoms with Crippen LogP contribution < -0.4 is 0 Å². The number of nitrogens with zero attached hydrogens (tertiary/aromatic N) is 2. The van der Waals surface area contributed by atoms with Crippen molar-refractivity contribution < 1.29 is 17.9 Å². The quantitative estimate of drug-likeness (QED) is 0.585. The van der Waals surface area contributed by atoms with Gasteiger partial charge < -0.3 is 9.30 Å². The molecular weight excluding hydrogens is 336 g/mol. The fraction of sp³-hybridized carbons (Fsp3) is 0.467. The lowest BCUT2D eigenvalue weighted by atomic mass is 10.3. The van der Waals surface area contributed by atoms with E-state index < -0.39 is 9.84 Å². The average molecular weight is 356 g/mol. The van der Waals surface area contributed by atoms with E-state index in [9.17, 15) is 13.2 Å². The van der Waals surface area contributed by atoms with Gasteiger partial charge in [-0.3, -0.25) is 4.79 Å². The molecular formula is C15H20N2O4S2. The summed E-state index contributed by atoms with van der Waals surface area (Å²) >= 11 is 1.29. The minimum Gasteiger partial charge on any atom is -0.465 e. The highest BCUT2D eigenvalue weighted by Crippen LogP contribution is 2.29. The Hall–Kier alpha value is -1.54. The van der Waals surface area contributed by atoms with Crippen molar-refractivity contribution in [2.24, 2.45) is 0 Å². The molecule has 0 aliphatic rings. The summed E-state index contributed by atoms with van der Waals surface area (Å²) in [6, 6.07) is 5.04. The molecule has 2 aromatic rings. The molecule has 0 spiro atoms. The van der Waals surface area contributed by atoms with E-state index in [4.69, 9.17) is 4.74 Å². The number of hydrogen-bond donors (Lipinski definition) is 0. The molecule has 0 atom stereocenters. The lowest BCUT2D eigenvalue weighted by molar-refractivity contribution is -0.139. The Bertz CT molecular complexity index is 825. The zero-order valence-electron chi connectivity index (χ0n) is 13.6. The molecule has 2 rings (SSSR count). The van der Waals surface area contributed by atoms with E-state index in [2.05, 4.69) is 4.98 Å². The first kappa shape index (κ1) is 17.8. The number of rotatable bonds is 6. The van der Waals surface area contributed by atoms with Crippen LogP contribution in [0.3, 0.4) is 0 Å². The fourth-order valence-corrected chi connectivity index (χ4v) is 3.80. The van der Waals surface area contributed by atoms with Crippen molar-refractivity contribution in [3.63, 3.8) is 0 Å². The maximum atomic E-state index is 11.7. The van der Waals surface area contributed by atoms with Crippen LogP contribution >= 0.6 is 11.8 Å². The fourth-order valence-electron chi connectivity index (χ4n) is 2.21. The van der Waals surface area contributed by atoms with E-state index in [1.54, 1.807) is 25.1 Å². The Kier molecular flexibility index (Phi) is 5.36. The monoisotopic (exact) mass is 356 g/mol. The number of thioether (sulfide) groups is 1. The molecule has 0 unspecified atom stereocenters. The lowest BCUT2D eigenvalue weighted by Crippen LogP contribution is -2.08. The van der Waals surface area contributed by atoms with Crippen LogP contribution in [0.1, 0.15) is 26.8 Å². The summed E-state index contributed by atoms with van der Waals surface area (Å²) in [6.07, 6.45) is 1.17. The largest absolute Gasteiger partial charge is 0.465 e. The molecule has 1 aromatic carbocycles. The molecule has 0 saturated carbocycles. The molecule has 0 radical (unpaired) electrons. The molecule has 8 heteroatoms. The Balaban J connectivity index is 2.43. The summed E-state index contributed by atoms with van der Waals surface area (Å²) in [5.41, 5.74) is 1.45. The smallest absolute Gasteiger partial charge is 0.316 e. The van der Waals surface area contributed by atoms with Gasteiger partial charge in [0.15, 0.2) is 15.0 Å². The summed E-state index contributed by atoms with van der Waals surface area (Å²) in [5.74, 6) is -0.125. The number of carbonyl (C=O) groups excluding carboxylic acids is 1. The standard InChI is InChI=1S/C15H20N2O4S2/c1-5-21-14(18)9-22-15-16-12-8-11(23(4,19)20)6-7-13(12)17(15)10(2)3/h6-8,10H,5,9H2,1-4H3. The van der Waals surface area contributed by atoms with Gasteiger partial charge in [-0.05, 0) is 39.0 Å². The maximum Gasteiger partial charge on any atom is 0.316 e. The van der Waals surface area contributed by atoms with E-state index in [0.717, 1.165) is 5.52 Å². The Morgan fingerprint density at radius 2 is 2.09 bits per heavy atom. The molecule has 0 N–H and O–H groups in total. The van der Waals surface area contributed by atoms with Gasteiger partial charge in [0, 0.05) is 12.3 Å². The minimum absolute atomic E-state index is 0.133. The first-order valence-electron chi connectivity index (χ1n) is 7.24. The first-order chi connectivity index (χ1) is 10.7. The number of carbonyl (C=O) groups is 1. The van der Waals surface area contributed by atoms with Crippen molar-refractivity contribution >= 4 is 38.6 Å². The van der Waals surface area contributed by atoms with Crippen LogP contribution in [-0.4, -0.2) is 42.6 Å². The molecule has 23 heavy (non-hydrogen) atoms. The van der Waals surface area contributed by atoms with Gasteiger partial charge >= 0.3 is 5.97 Å². The highest BCUT2D eigenvalue weighted by Gasteiger charge is 2.17. The van der Waals surface area contributed by atoms with Gasteiger partial charge in [0.1, 0.15) is 0 Å². The average Bonchev–Trinajstić information content (AvgIpc) is 2.82. The number of benzene rings is 1. The van der Waals surface area contributed by atoms with Crippen LogP contribution in [-0.2, 0) is 19.4 Å². The van der Waals surface area contributed by atoms with Crippen molar-refractivity contribution in [1.82, 2.24) is 9.55 Å². The lowest BCUT2D eigenvalue weighted by Gasteiger charge is -2.12. The number of imidazole rings is 1. The highest BCUT2D eigenvalue weighted by molar-refractivity contribution is 7.99. The Morgan fingerprint density at radius 1 is 1.39 bits per heavy atom. The van der Waals surface area contributed by atoms with Gasteiger partial charge in [-0.15, -0.1) is 0 Å². The molecule has 126 valence electrons. The summed E-state index contributed by atoms with van der Waals surface area (Å²) in [4.78, 5) is 16.3. The third-order valence-corrected chi connectivity index (χ3v) is 5.23. The molecule has 0 fully saturated rings. The van der Waals surface area contributed by atoms with Gasteiger partial charge in [0.2, 0.25) is 0 Å². The van der Waals surface area contributed by atoms with Gasteiger partial charge in [-0.2, -0.15) is 0 Å². The van der Waals surface area contributed by atoms with Crippen LogP contribution in [0.5, 0.6) is 0 Å². The van der Waals surface area contributed by atoms with Gasteiger partial charge in [-0.1, -0.05) is 11.8 Å². The van der Waals surface area contributed by atoms with Crippen LogP contribution in [0.15, 0.2) is 28.3 Å². The van der Waals surface area contributed by atoms with Crippen molar-refractivity contribution in [3.05, 3.63) is 18.2 Å². The molecule has 6 nitrogen and oxygen atoms in total. The number of esters is 1. The van der Waals surface area contributed by atoms with Gasteiger partial charge in [0.05, 0.1) is 28.3 Å². The van der Waals surface area contributed by atoms with Crippen molar-refractivity contribution in [2.75, 3.05) is 18.6 Å². The molecule has 0 amide bonds. The second kappa shape index (κ2) is 6.92. The molecule has 0 saturated heterocycles. The summed E-state index contributed by atoms with van der Waals surface area (Å²) < 4.78 is 30.3. The van der Waals surface area contributed by atoms with Crippen molar-refractivity contribution in [1.29, 1.82) is 0 Å². The minimum atomic E-state index is -3.28. The number of sulfone groups is 1. The summed E-state index contributed by atoms with van der Waals surface area (Å²) in [6.45, 7) is 6.14.